The number of benzene rings is 1. The maximum Gasteiger partial charge on any atom is 0.263 e. The van der Waals surface area contributed by atoms with Crippen LogP contribution in [0.1, 0.15) is 31.8 Å². The van der Waals surface area contributed by atoms with Gasteiger partial charge in [-0.25, -0.2) is 0 Å². The van der Waals surface area contributed by atoms with Crippen molar-refractivity contribution in [3.63, 3.8) is 0 Å². The molecule has 1 amide bonds. The van der Waals surface area contributed by atoms with Gasteiger partial charge in [-0.1, -0.05) is 30.3 Å². The number of hydrogen-bond acceptors (Lipinski definition) is 4. The molecule has 1 atom stereocenters. The Labute approximate surface area is 149 Å². The van der Waals surface area contributed by atoms with Gasteiger partial charge in [-0.2, -0.15) is 0 Å². The van der Waals surface area contributed by atoms with Crippen LogP contribution in [0.2, 0.25) is 0 Å². The maximum atomic E-state index is 12.2. The average Bonchev–Trinajstić information content (AvgIpc) is 3.11. The van der Waals surface area contributed by atoms with Crippen molar-refractivity contribution in [3.05, 3.63) is 92.0 Å². The van der Waals surface area contributed by atoms with E-state index in [1.165, 1.54) is 22.0 Å². The molecule has 0 aliphatic carbocycles. The van der Waals surface area contributed by atoms with Crippen LogP contribution >= 0.6 is 11.3 Å². The highest BCUT2D eigenvalue weighted by atomic mass is 32.1. The second-order valence-corrected chi connectivity index (χ2v) is 6.84. The molecule has 0 bridgehead atoms. The molecule has 0 aliphatic rings. The topological polar surface area (TPSA) is 71.3 Å². The van der Waals surface area contributed by atoms with Crippen LogP contribution in [0.15, 0.2) is 65.6 Å². The Balaban J connectivity index is 1.67. The van der Waals surface area contributed by atoms with Crippen LogP contribution in [-0.2, 0) is 13.6 Å². The molecule has 128 valence electrons. The third-order valence-corrected chi connectivity index (χ3v) is 5.00. The summed E-state index contributed by atoms with van der Waals surface area (Å²) in [4.78, 5) is 25.8. The number of carbonyl (C=O) groups excluding carboxylic acids is 1. The Bertz CT molecular complexity index is 931. The molecule has 2 heterocycles. The standard InChI is InChI=1S/C19H18N2O3S/c1-21-11-5-8-15(19(21)24)18(23)20-12-14-9-10-16(25-14)17(22)13-6-3-2-4-7-13/h2-11,17,22H,12H2,1H3,(H,20,23). The number of nitrogens with one attached hydrogen (secondary N) is 1. The number of carbonyl (C=O) groups is 1. The molecule has 25 heavy (non-hydrogen) atoms. The van der Waals surface area contributed by atoms with Crippen molar-refractivity contribution in [1.29, 1.82) is 0 Å². The molecule has 1 aromatic carbocycles. The lowest BCUT2D eigenvalue weighted by molar-refractivity contribution is 0.0949. The predicted octanol–water partition coefficient (Wildman–Crippen LogP) is 2.46. The fourth-order valence-corrected chi connectivity index (χ4v) is 3.44. The van der Waals surface area contributed by atoms with Crippen LogP contribution in [0.5, 0.6) is 0 Å². The summed E-state index contributed by atoms with van der Waals surface area (Å²) in [5.74, 6) is -0.403. The molecular formula is C19H18N2O3S. The second kappa shape index (κ2) is 7.46. The molecule has 2 N–H and O–H groups in total. The fourth-order valence-electron chi connectivity index (χ4n) is 2.47. The van der Waals surface area contributed by atoms with Gasteiger partial charge >= 0.3 is 0 Å². The van der Waals surface area contributed by atoms with Crippen molar-refractivity contribution in [3.8, 4) is 0 Å². The molecule has 2 aromatic heterocycles. The quantitative estimate of drug-likeness (QED) is 0.739. The van der Waals surface area contributed by atoms with Gasteiger partial charge in [0.1, 0.15) is 11.7 Å². The summed E-state index contributed by atoms with van der Waals surface area (Å²) < 4.78 is 1.37. The first-order chi connectivity index (χ1) is 12.1. The number of rotatable bonds is 5. The Hall–Kier alpha value is -2.70. The van der Waals surface area contributed by atoms with Gasteiger partial charge in [0.15, 0.2) is 0 Å². The van der Waals surface area contributed by atoms with Crippen LogP contribution in [0.3, 0.4) is 0 Å². The summed E-state index contributed by atoms with van der Waals surface area (Å²) in [6.07, 6.45) is 0.924. The lowest BCUT2D eigenvalue weighted by Gasteiger charge is -2.08. The van der Waals surface area contributed by atoms with Gasteiger partial charge in [0.25, 0.3) is 11.5 Å². The Morgan fingerprint density at radius 1 is 1.16 bits per heavy atom. The molecule has 0 saturated heterocycles. The molecule has 0 radical (unpaired) electrons. The SMILES string of the molecule is Cn1cccc(C(=O)NCc2ccc(C(O)c3ccccc3)s2)c1=O. The molecule has 3 aromatic rings. The lowest BCUT2D eigenvalue weighted by Crippen LogP contribution is -2.31. The highest BCUT2D eigenvalue weighted by Crippen LogP contribution is 2.28. The minimum Gasteiger partial charge on any atom is -0.383 e. The Kier molecular flexibility index (Phi) is 5.11. The first-order valence-corrected chi connectivity index (χ1v) is 8.63. The number of aromatic nitrogens is 1. The van der Waals surface area contributed by atoms with Crippen LogP contribution in [0.4, 0.5) is 0 Å². The predicted molar refractivity (Wildman–Crippen MR) is 97.7 cm³/mol. The fraction of sp³-hybridized carbons (Fsp3) is 0.158. The van der Waals surface area contributed by atoms with Crippen molar-refractivity contribution in [1.82, 2.24) is 9.88 Å². The monoisotopic (exact) mass is 354 g/mol. The first kappa shape index (κ1) is 17.1. The van der Waals surface area contributed by atoms with E-state index in [0.29, 0.717) is 6.54 Å². The van der Waals surface area contributed by atoms with Gasteiger partial charge in [-0.15, -0.1) is 11.3 Å². The minimum absolute atomic E-state index is 0.117. The molecule has 3 rings (SSSR count). The third kappa shape index (κ3) is 3.87. The van der Waals surface area contributed by atoms with Gasteiger partial charge in [0.2, 0.25) is 0 Å². The summed E-state index contributed by atoms with van der Waals surface area (Å²) in [5, 5.41) is 13.2. The van der Waals surface area contributed by atoms with E-state index in [1.807, 2.05) is 42.5 Å². The summed E-state index contributed by atoms with van der Waals surface area (Å²) in [6.45, 7) is 0.309. The van der Waals surface area contributed by atoms with Crippen molar-refractivity contribution in [2.24, 2.45) is 7.05 Å². The number of aliphatic hydroxyl groups is 1. The second-order valence-electron chi connectivity index (χ2n) is 5.64. The number of aliphatic hydroxyl groups excluding tert-OH is 1. The zero-order valence-corrected chi connectivity index (χ0v) is 14.5. The van der Waals surface area contributed by atoms with E-state index < -0.39 is 12.0 Å². The highest BCUT2D eigenvalue weighted by molar-refractivity contribution is 7.12. The van der Waals surface area contributed by atoms with Crippen molar-refractivity contribution in [2.45, 2.75) is 12.6 Å². The first-order valence-electron chi connectivity index (χ1n) is 7.81. The molecule has 0 fully saturated rings. The van der Waals surface area contributed by atoms with Crippen molar-refractivity contribution < 1.29 is 9.90 Å². The van der Waals surface area contributed by atoms with E-state index in [1.54, 1.807) is 19.3 Å². The Morgan fingerprint density at radius 2 is 1.92 bits per heavy atom. The van der Waals surface area contributed by atoms with Gasteiger partial charge in [-0.05, 0) is 29.8 Å². The van der Waals surface area contributed by atoms with Gasteiger partial charge < -0.3 is 15.0 Å². The molecular weight excluding hydrogens is 336 g/mol. The van der Waals surface area contributed by atoms with Gasteiger partial charge in [-0.3, -0.25) is 9.59 Å². The zero-order chi connectivity index (χ0) is 17.8. The van der Waals surface area contributed by atoms with Gasteiger partial charge in [0.05, 0.1) is 6.54 Å². The van der Waals surface area contributed by atoms with Crippen molar-refractivity contribution >= 4 is 17.2 Å². The summed E-state index contributed by atoms with van der Waals surface area (Å²) in [6, 6.07) is 16.3. The Morgan fingerprint density at radius 3 is 2.68 bits per heavy atom. The van der Waals surface area contributed by atoms with Crippen LogP contribution in [0.25, 0.3) is 0 Å². The normalized spacial score (nSPS) is 11.9. The number of pyridine rings is 1. The number of thiophene rings is 1. The van der Waals surface area contributed by atoms with E-state index in [9.17, 15) is 14.7 Å². The maximum absolute atomic E-state index is 12.2. The highest BCUT2D eigenvalue weighted by Gasteiger charge is 2.14. The average molecular weight is 354 g/mol. The van der Waals surface area contributed by atoms with Crippen LogP contribution in [0, 0.1) is 0 Å². The molecule has 0 spiro atoms. The number of nitrogens with zero attached hydrogens (tertiary/aromatic N) is 1. The largest absolute Gasteiger partial charge is 0.383 e. The smallest absolute Gasteiger partial charge is 0.263 e. The number of hydrogen-bond donors (Lipinski definition) is 2. The summed E-state index contributed by atoms with van der Waals surface area (Å²) in [7, 11) is 1.61. The molecule has 0 saturated carbocycles. The lowest BCUT2D eigenvalue weighted by atomic mass is 10.1. The van der Waals surface area contributed by atoms with E-state index >= 15 is 0 Å². The number of aryl methyl sites for hydroxylation is 1. The van der Waals surface area contributed by atoms with Crippen LogP contribution in [-0.4, -0.2) is 15.6 Å². The van der Waals surface area contributed by atoms with E-state index in [-0.39, 0.29) is 11.1 Å². The minimum atomic E-state index is -0.683. The molecule has 0 aliphatic heterocycles. The van der Waals surface area contributed by atoms with E-state index in [2.05, 4.69) is 5.32 Å². The number of amides is 1. The zero-order valence-electron chi connectivity index (χ0n) is 13.7. The third-order valence-electron chi connectivity index (χ3n) is 3.86. The van der Waals surface area contributed by atoms with Crippen LogP contribution < -0.4 is 10.9 Å². The van der Waals surface area contributed by atoms with Gasteiger partial charge in [0, 0.05) is 23.0 Å². The summed E-state index contributed by atoms with van der Waals surface area (Å²) >= 11 is 1.43. The molecule has 5 nitrogen and oxygen atoms in total. The summed E-state index contributed by atoms with van der Waals surface area (Å²) in [5.41, 5.74) is 0.616. The van der Waals surface area contributed by atoms with Crippen molar-refractivity contribution in [2.75, 3.05) is 0 Å². The van der Waals surface area contributed by atoms with E-state index in [4.69, 9.17) is 0 Å². The molecule has 1 unspecified atom stereocenters. The molecule has 6 heteroatoms. The van der Waals surface area contributed by atoms with E-state index in [0.717, 1.165) is 15.3 Å².